The Labute approximate surface area is 129 Å². The summed E-state index contributed by atoms with van der Waals surface area (Å²) in [5.74, 6) is 0.196. The third-order valence-corrected chi connectivity index (χ3v) is 3.33. The van der Waals surface area contributed by atoms with Gasteiger partial charge in [-0.2, -0.15) is 0 Å². The Balaban J connectivity index is 1.90. The fourth-order valence-electron chi connectivity index (χ4n) is 1.91. The smallest absolute Gasteiger partial charge is 0.257 e. The van der Waals surface area contributed by atoms with Gasteiger partial charge in [-0.1, -0.05) is 23.2 Å². The van der Waals surface area contributed by atoms with Gasteiger partial charge in [-0.15, -0.1) is 0 Å². The predicted molar refractivity (Wildman–Crippen MR) is 81.0 cm³/mol. The van der Waals surface area contributed by atoms with E-state index < -0.39 is 0 Å². The maximum Gasteiger partial charge on any atom is 0.257 e. The average molecular weight is 322 g/mol. The first-order valence-corrected chi connectivity index (χ1v) is 6.78. The molecule has 0 bridgehead atoms. The monoisotopic (exact) mass is 321 g/mol. The Kier molecular flexibility index (Phi) is 3.53. The van der Waals surface area contributed by atoms with Crippen molar-refractivity contribution < 1.29 is 9.21 Å². The lowest BCUT2D eigenvalue weighted by Gasteiger charge is -2.06. The molecule has 1 aromatic carbocycles. The van der Waals surface area contributed by atoms with Crippen LogP contribution >= 0.6 is 23.2 Å². The zero-order valence-corrected chi connectivity index (χ0v) is 12.4. The van der Waals surface area contributed by atoms with E-state index in [4.69, 9.17) is 27.6 Å². The molecule has 0 aliphatic carbocycles. The lowest BCUT2D eigenvalue weighted by atomic mass is 10.2. The molecule has 0 radical (unpaired) electrons. The van der Waals surface area contributed by atoms with E-state index in [1.165, 1.54) is 12.3 Å². The first-order valence-electron chi connectivity index (χ1n) is 6.02. The number of aryl methyl sites for hydroxylation is 1. The van der Waals surface area contributed by atoms with Crippen molar-refractivity contribution in [2.75, 3.05) is 5.32 Å². The molecule has 1 N–H and O–H groups in total. The quantitative estimate of drug-likeness (QED) is 0.722. The zero-order valence-electron chi connectivity index (χ0n) is 10.9. The van der Waals surface area contributed by atoms with Crippen molar-refractivity contribution >= 4 is 45.9 Å². The number of fused-ring (bicyclic) bond motifs is 1. The van der Waals surface area contributed by atoms with Gasteiger partial charge in [0.2, 0.25) is 0 Å². The van der Waals surface area contributed by atoms with Crippen molar-refractivity contribution in [3.63, 3.8) is 0 Å². The number of nitrogens with one attached hydrogen (secondary N) is 1. The second kappa shape index (κ2) is 5.35. The van der Waals surface area contributed by atoms with Gasteiger partial charge in [0.1, 0.15) is 10.7 Å². The molecule has 0 saturated heterocycles. The van der Waals surface area contributed by atoms with E-state index in [0.29, 0.717) is 22.7 Å². The van der Waals surface area contributed by atoms with Gasteiger partial charge in [-0.25, -0.2) is 9.97 Å². The Hall–Kier alpha value is -2.11. The molecule has 0 spiro atoms. The number of carbonyl (C=O) groups excluding carboxylic acids is 1. The van der Waals surface area contributed by atoms with Gasteiger partial charge in [0.25, 0.3) is 5.91 Å². The summed E-state index contributed by atoms with van der Waals surface area (Å²) in [7, 11) is 0. The standard InChI is InChI=1S/C14H9Cl2N3O2/c1-7-18-11-4-8(2-3-12(11)21-7)19-14(20)9-5-13(16)17-6-10(9)15/h2-6H,1H3,(H,19,20). The zero-order chi connectivity index (χ0) is 15.0. The predicted octanol–water partition coefficient (Wildman–Crippen LogP) is 4.09. The van der Waals surface area contributed by atoms with Crippen molar-refractivity contribution in [2.45, 2.75) is 6.92 Å². The van der Waals surface area contributed by atoms with E-state index in [1.807, 2.05) is 0 Å². The Morgan fingerprint density at radius 3 is 2.90 bits per heavy atom. The highest BCUT2D eigenvalue weighted by Gasteiger charge is 2.13. The number of anilines is 1. The van der Waals surface area contributed by atoms with Crippen LogP contribution in [-0.2, 0) is 0 Å². The fraction of sp³-hybridized carbons (Fsp3) is 0.0714. The number of halogens is 2. The third-order valence-electron chi connectivity index (χ3n) is 2.82. The maximum atomic E-state index is 12.2. The molecule has 3 aromatic rings. The van der Waals surface area contributed by atoms with Crippen LogP contribution < -0.4 is 5.32 Å². The van der Waals surface area contributed by atoms with E-state index in [2.05, 4.69) is 15.3 Å². The average Bonchev–Trinajstić information content (AvgIpc) is 2.80. The number of pyridine rings is 1. The van der Waals surface area contributed by atoms with E-state index in [1.54, 1.807) is 25.1 Å². The summed E-state index contributed by atoms with van der Waals surface area (Å²) in [6.07, 6.45) is 1.34. The molecule has 106 valence electrons. The maximum absolute atomic E-state index is 12.2. The van der Waals surface area contributed by atoms with Crippen LogP contribution in [0.15, 0.2) is 34.9 Å². The van der Waals surface area contributed by atoms with Gasteiger partial charge < -0.3 is 9.73 Å². The number of rotatable bonds is 2. The highest BCUT2D eigenvalue weighted by atomic mass is 35.5. The summed E-state index contributed by atoms with van der Waals surface area (Å²) < 4.78 is 5.38. The van der Waals surface area contributed by atoms with Crippen LogP contribution in [0.3, 0.4) is 0 Å². The first kappa shape index (κ1) is 13.9. The molecule has 0 fully saturated rings. The molecule has 21 heavy (non-hydrogen) atoms. The van der Waals surface area contributed by atoms with Crippen molar-refractivity contribution in [2.24, 2.45) is 0 Å². The molecule has 2 heterocycles. The van der Waals surface area contributed by atoms with Gasteiger partial charge >= 0.3 is 0 Å². The minimum atomic E-state index is -0.371. The van der Waals surface area contributed by atoms with E-state index in [0.717, 1.165) is 0 Å². The summed E-state index contributed by atoms with van der Waals surface area (Å²) in [6, 6.07) is 6.60. The van der Waals surface area contributed by atoms with Crippen LogP contribution in [0.1, 0.15) is 16.2 Å². The summed E-state index contributed by atoms with van der Waals surface area (Å²) in [5, 5.41) is 3.17. The minimum absolute atomic E-state index is 0.201. The van der Waals surface area contributed by atoms with Crippen molar-refractivity contribution in [1.82, 2.24) is 9.97 Å². The van der Waals surface area contributed by atoms with Gasteiger partial charge in [0.15, 0.2) is 11.5 Å². The summed E-state index contributed by atoms with van der Waals surface area (Å²) >= 11 is 11.7. The largest absolute Gasteiger partial charge is 0.441 e. The van der Waals surface area contributed by atoms with Crippen molar-refractivity contribution in [3.05, 3.63) is 52.1 Å². The molecule has 3 rings (SSSR count). The fourth-order valence-corrected chi connectivity index (χ4v) is 2.25. The highest BCUT2D eigenvalue weighted by Crippen LogP contribution is 2.22. The highest BCUT2D eigenvalue weighted by molar-refractivity contribution is 6.35. The number of carbonyl (C=O) groups is 1. The lowest BCUT2D eigenvalue weighted by molar-refractivity contribution is 0.102. The number of benzene rings is 1. The number of oxazole rings is 1. The molecule has 5 nitrogen and oxygen atoms in total. The Bertz CT molecular complexity index is 845. The topological polar surface area (TPSA) is 68.0 Å². The van der Waals surface area contributed by atoms with Crippen LogP contribution in [-0.4, -0.2) is 15.9 Å². The first-order chi connectivity index (χ1) is 10.0. The van der Waals surface area contributed by atoms with Crippen LogP contribution in [0.2, 0.25) is 10.2 Å². The van der Waals surface area contributed by atoms with Crippen molar-refractivity contribution in [1.29, 1.82) is 0 Å². The number of hydrogen-bond donors (Lipinski definition) is 1. The Morgan fingerprint density at radius 1 is 1.29 bits per heavy atom. The number of aromatic nitrogens is 2. The Morgan fingerprint density at radius 2 is 2.10 bits per heavy atom. The van der Waals surface area contributed by atoms with Crippen LogP contribution in [0.5, 0.6) is 0 Å². The summed E-state index contributed by atoms with van der Waals surface area (Å²) in [4.78, 5) is 20.2. The molecule has 7 heteroatoms. The summed E-state index contributed by atoms with van der Waals surface area (Å²) in [5.41, 5.74) is 2.18. The number of amides is 1. The van der Waals surface area contributed by atoms with E-state index in [9.17, 15) is 4.79 Å². The van der Waals surface area contributed by atoms with Crippen LogP contribution in [0.25, 0.3) is 11.1 Å². The molecule has 0 saturated carbocycles. The molecule has 0 aliphatic rings. The molecule has 0 unspecified atom stereocenters. The van der Waals surface area contributed by atoms with Gasteiger partial charge in [-0.3, -0.25) is 4.79 Å². The van der Waals surface area contributed by atoms with Gasteiger partial charge in [0, 0.05) is 18.8 Å². The minimum Gasteiger partial charge on any atom is -0.441 e. The molecule has 0 atom stereocenters. The molecule has 1 amide bonds. The van der Waals surface area contributed by atoms with E-state index >= 15 is 0 Å². The van der Waals surface area contributed by atoms with Crippen LogP contribution in [0, 0.1) is 6.92 Å². The SMILES string of the molecule is Cc1nc2cc(NC(=O)c3cc(Cl)ncc3Cl)ccc2o1. The number of nitrogens with zero attached hydrogens (tertiary/aromatic N) is 2. The molecular formula is C14H9Cl2N3O2. The lowest BCUT2D eigenvalue weighted by Crippen LogP contribution is -2.12. The summed E-state index contributed by atoms with van der Waals surface area (Å²) in [6.45, 7) is 1.76. The third kappa shape index (κ3) is 2.84. The van der Waals surface area contributed by atoms with E-state index in [-0.39, 0.29) is 21.6 Å². The number of hydrogen-bond acceptors (Lipinski definition) is 4. The normalized spacial score (nSPS) is 10.8. The van der Waals surface area contributed by atoms with Gasteiger partial charge in [0.05, 0.1) is 10.6 Å². The second-order valence-corrected chi connectivity index (χ2v) is 5.15. The molecule has 2 aromatic heterocycles. The van der Waals surface area contributed by atoms with Crippen molar-refractivity contribution in [3.8, 4) is 0 Å². The van der Waals surface area contributed by atoms with Gasteiger partial charge in [-0.05, 0) is 24.3 Å². The van der Waals surface area contributed by atoms with Crippen LogP contribution in [0.4, 0.5) is 5.69 Å². The second-order valence-electron chi connectivity index (χ2n) is 4.36. The molecule has 0 aliphatic heterocycles. The molecular weight excluding hydrogens is 313 g/mol.